The van der Waals surface area contributed by atoms with Crippen LogP contribution in [-0.2, 0) is 0 Å². The number of nitrogens with zero attached hydrogens (tertiary/aromatic N) is 2. The second-order valence-corrected chi connectivity index (χ2v) is 4.50. The number of para-hydroxylation sites is 1. The maximum absolute atomic E-state index is 8.76. The van der Waals surface area contributed by atoms with Crippen molar-refractivity contribution >= 4 is 11.6 Å². The van der Waals surface area contributed by atoms with Crippen molar-refractivity contribution in [2.45, 2.75) is 38.1 Å². The van der Waals surface area contributed by atoms with E-state index in [1.165, 1.54) is 19.3 Å². The van der Waals surface area contributed by atoms with E-state index in [1.54, 1.807) is 0 Å². The van der Waals surface area contributed by atoms with Crippen molar-refractivity contribution in [2.75, 3.05) is 5.32 Å². The van der Waals surface area contributed by atoms with E-state index in [0.29, 0.717) is 12.0 Å². The molecule has 0 aromatic heterocycles. The summed E-state index contributed by atoms with van der Waals surface area (Å²) in [7, 11) is 0. The highest BCUT2D eigenvalue weighted by Crippen LogP contribution is 2.20. The quantitative estimate of drug-likeness (QED) is 0.363. The van der Waals surface area contributed by atoms with E-state index in [2.05, 4.69) is 15.6 Å². The first-order chi connectivity index (χ1) is 8.88. The number of aliphatic imine (C=N–C) groups is 1. The van der Waals surface area contributed by atoms with E-state index >= 15 is 0 Å². The summed E-state index contributed by atoms with van der Waals surface area (Å²) < 4.78 is 0. The summed E-state index contributed by atoms with van der Waals surface area (Å²) in [6.45, 7) is 0. The molecule has 18 heavy (non-hydrogen) atoms. The van der Waals surface area contributed by atoms with E-state index in [-0.39, 0.29) is 0 Å². The fourth-order valence-electron chi connectivity index (χ4n) is 2.20. The van der Waals surface area contributed by atoms with Crippen molar-refractivity contribution in [1.29, 1.82) is 5.26 Å². The fraction of sp³-hybridized carbons (Fsp3) is 0.429. The monoisotopic (exact) mass is 242 g/mol. The molecule has 1 aromatic rings. The molecular formula is C14H18N4. The number of rotatable bonds is 2. The van der Waals surface area contributed by atoms with Crippen molar-refractivity contribution < 1.29 is 0 Å². The third kappa shape index (κ3) is 3.77. The molecule has 0 unspecified atom stereocenters. The molecule has 2 rings (SSSR count). The second kappa shape index (κ2) is 6.65. The van der Waals surface area contributed by atoms with Crippen LogP contribution in [0, 0.1) is 11.5 Å². The third-order valence-electron chi connectivity index (χ3n) is 3.10. The molecule has 1 aliphatic rings. The Morgan fingerprint density at radius 1 is 1.17 bits per heavy atom. The lowest BCUT2D eigenvalue weighted by Crippen LogP contribution is -2.29. The molecule has 0 atom stereocenters. The minimum absolute atomic E-state index is 0.339. The van der Waals surface area contributed by atoms with Gasteiger partial charge in [0, 0.05) is 5.69 Å². The highest BCUT2D eigenvalue weighted by atomic mass is 15.2. The van der Waals surface area contributed by atoms with Crippen molar-refractivity contribution in [3.8, 4) is 6.19 Å². The molecule has 1 fully saturated rings. The SMILES string of the molecule is N#CNC(=NC1CCCCC1)Nc1ccccc1. The first-order valence-electron chi connectivity index (χ1n) is 6.43. The zero-order valence-electron chi connectivity index (χ0n) is 10.4. The summed E-state index contributed by atoms with van der Waals surface area (Å²) >= 11 is 0. The van der Waals surface area contributed by atoms with Crippen molar-refractivity contribution in [3.63, 3.8) is 0 Å². The Bertz CT molecular complexity index is 427. The number of benzene rings is 1. The number of anilines is 1. The Balaban J connectivity index is 2.03. The molecule has 0 bridgehead atoms. The van der Waals surface area contributed by atoms with Crippen LogP contribution in [0.5, 0.6) is 0 Å². The molecule has 0 spiro atoms. The standard InChI is InChI=1S/C14H18N4/c15-11-16-14(17-12-7-3-1-4-8-12)18-13-9-5-2-6-10-13/h1,3-4,7-8,13H,2,5-6,9-10H2,(H2,16,17,18). The van der Waals surface area contributed by atoms with Crippen LogP contribution >= 0.6 is 0 Å². The van der Waals surface area contributed by atoms with Crippen LogP contribution in [0.1, 0.15) is 32.1 Å². The molecule has 94 valence electrons. The van der Waals surface area contributed by atoms with Crippen LogP contribution in [-0.4, -0.2) is 12.0 Å². The van der Waals surface area contributed by atoms with Gasteiger partial charge in [0.25, 0.3) is 0 Å². The predicted octanol–water partition coefficient (Wildman–Crippen LogP) is 2.86. The molecule has 2 N–H and O–H groups in total. The zero-order chi connectivity index (χ0) is 12.6. The summed E-state index contributed by atoms with van der Waals surface area (Å²) in [6, 6.07) is 10.1. The van der Waals surface area contributed by atoms with Gasteiger partial charge >= 0.3 is 0 Å². The summed E-state index contributed by atoms with van der Waals surface area (Å²) in [6.07, 6.45) is 7.95. The maximum Gasteiger partial charge on any atom is 0.209 e. The van der Waals surface area contributed by atoms with Gasteiger partial charge in [0.1, 0.15) is 0 Å². The Kier molecular flexibility index (Phi) is 4.60. The summed E-state index contributed by atoms with van der Waals surface area (Å²) in [5.41, 5.74) is 0.940. The van der Waals surface area contributed by atoms with Gasteiger partial charge in [0.05, 0.1) is 6.04 Å². The van der Waals surface area contributed by atoms with Gasteiger partial charge in [-0.05, 0) is 25.0 Å². The van der Waals surface area contributed by atoms with Crippen molar-refractivity contribution in [2.24, 2.45) is 4.99 Å². The lowest BCUT2D eigenvalue weighted by atomic mass is 9.96. The molecule has 1 aromatic carbocycles. The molecule has 1 saturated carbocycles. The van der Waals surface area contributed by atoms with Crippen LogP contribution in [0.4, 0.5) is 5.69 Å². The first kappa shape index (κ1) is 12.4. The Morgan fingerprint density at radius 2 is 1.89 bits per heavy atom. The maximum atomic E-state index is 8.76. The van der Waals surface area contributed by atoms with Crippen molar-refractivity contribution in [3.05, 3.63) is 30.3 Å². The number of nitriles is 1. The number of nitrogens with one attached hydrogen (secondary N) is 2. The van der Waals surface area contributed by atoms with Gasteiger partial charge in [-0.3, -0.25) is 5.32 Å². The Labute approximate surface area is 108 Å². The number of hydrogen-bond acceptors (Lipinski definition) is 2. The van der Waals surface area contributed by atoms with Gasteiger partial charge in [0.15, 0.2) is 6.19 Å². The topological polar surface area (TPSA) is 60.2 Å². The molecule has 0 saturated heterocycles. The zero-order valence-corrected chi connectivity index (χ0v) is 10.4. The fourth-order valence-corrected chi connectivity index (χ4v) is 2.20. The van der Waals surface area contributed by atoms with E-state index < -0.39 is 0 Å². The normalized spacial score (nSPS) is 16.9. The highest BCUT2D eigenvalue weighted by molar-refractivity contribution is 5.94. The molecule has 1 aliphatic carbocycles. The van der Waals surface area contributed by atoms with Gasteiger partial charge in [-0.1, -0.05) is 37.5 Å². The van der Waals surface area contributed by atoms with Gasteiger partial charge in [-0.2, -0.15) is 5.26 Å². The minimum Gasteiger partial charge on any atom is -0.326 e. The Hall–Kier alpha value is -2.02. The average Bonchev–Trinajstić information content (AvgIpc) is 2.41. The molecule has 0 aliphatic heterocycles. The first-order valence-corrected chi connectivity index (χ1v) is 6.43. The molecular weight excluding hydrogens is 224 g/mol. The second-order valence-electron chi connectivity index (χ2n) is 4.50. The smallest absolute Gasteiger partial charge is 0.209 e. The molecule has 0 heterocycles. The number of guanidine groups is 1. The lowest BCUT2D eigenvalue weighted by molar-refractivity contribution is 0.443. The average molecular weight is 242 g/mol. The largest absolute Gasteiger partial charge is 0.326 e. The van der Waals surface area contributed by atoms with Crippen LogP contribution in [0.15, 0.2) is 35.3 Å². The van der Waals surface area contributed by atoms with Gasteiger partial charge in [0.2, 0.25) is 5.96 Å². The number of hydrogen-bond donors (Lipinski definition) is 2. The van der Waals surface area contributed by atoms with Gasteiger partial charge in [-0.15, -0.1) is 0 Å². The van der Waals surface area contributed by atoms with Gasteiger partial charge in [-0.25, -0.2) is 4.99 Å². The van der Waals surface area contributed by atoms with Crippen LogP contribution in [0.2, 0.25) is 0 Å². The summed E-state index contributed by atoms with van der Waals surface area (Å²) in [4.78, 5) is 4.59. The van der Waals surface area contributed by atoms with E-state index in [4.69, 9.17) is 5.26 Å². The lowest BCUT2D eigenvalue weighted by Gasteiger charge is -2.19. The van der Waals surface area contributed by atoms with Crippen LogP contribution in [0.3, 0.4) is 0 Å². The third-order valence-corrected chi connectivity index (χ3v) is 3.10. The molecule has 0 radical (unpaired) electrons. The molecule has 4 heteroatoms. The minimum atomic E-state index is 0.339. The predicted molar refractivity (Wildman–Crippen MR) is 73.1 cm³/mol. The van der Waals surface area contributed by atoms with Crippen molar-refractivity contribution in [1.82, 2.24) is 5.32 Å². The van der Waals surface area contributed by atoms with Gasteiger partial charge < -0.3 is 5.32 Å². The Morgan fingerprint density at radius 3 is 2.56 bits per heavy atom. The summed E-state index contributed by atoms with van der Waals surface area (Å²) in [5, 5.41) is 14.5. The molecule has 0 amide bonds. The van der Waals surface area contributed by atoms with E-state index in [1.807, 2.05) is 36.5 Å². The van der Waals surface area contributed by atoms with E-state index in [0.717, 1.165) is 18.5 Å². The van der Waals surface area contributed by atoms with Crippen LogP contribution in [0.25, 0.3) is 0 Å². The molecule has 4 nitrogen and oxygen atoms in total. The summed E-state index contributed by atoms with van der Waals surface area (Å²) in [5.74, 6) is 0.551. The highest BCUT2D eigenvalue weighted by Gasteiger charge is 2.13. The van der Waals surface area contributed by atoms with Crippen LogP contribution < -0.4 is 10.6 Å². The van der Waals surface area contributed by atoms with E-state index in [9.17, 15) is 0 Å².